The summed E-state index contributed by atoms with van der Waals surface area (Å²) in [6, 6.07) is 0. The van der Waals surface area contributed by atoms with Gasteiger partial charge >= 0.3 is 0 Å². The average Bonchev–Trinajstić information content (AvgIpc) is 2.31. The Morgan fingerprint density at radius 3 is 2.31 bits per heavy atom. The van der Waals surface area contributed by atoms with E-state index in [2.05, 4.69) is 6.92 Å². The molecule has 2 fully saturated rings. The largest absolute Gasteiger partial charge is 0.390 e. The molecular formula is C14H26O2. The van der Waals surface area contributed by atoms with Crippen LogP contribution in [0.15, 0.2) is 0 Å². The molecule has 1 aliphatic carbocycles. The zero-order valence-corrected chi connectivity index (χ0v) is 10.6. The second kappa shape index (κ2) is 5.50. The van der Waals surface area contributed by atoms with E-state index in [0.717, 1.165) is 32.5 Å². The Kier molecular flexibility index (Phi) is 4.26. The summed E-state index contributed by atoms with van der Waals surface area (Å²) in [5.41, 5.74) is -0.428. The highest BCUT2D eigenvalue weighted by molar-refractivity contribution is 4.86. The summed E-state index contributed by atoms with van der Waals surface area (Å²) in [4.78, 5) is 0. The van der Waals surface area contributed by atoms with E-state index in [1.54, 1.807) is 0 Å². The maximum absolute atomic E-state index is 10.7. The lowest BCUT2D eigenvalue weighted by Gasteiger charge is -2.38. The third-order valence-electron chi connectivity index (χ3n) is 4.53. The SMILES string of the molecule is CC(O)(CC1CCOCC1)C1CCCCC1. The predicted molar refractivity (Wildman–Crippen MR) is 65.4 cm³/mol. The quantitative estimate of drug-likeness (QED) is 0.801. The van der Waals surface area contributed by atoms with E-state index in [4.69, 9.17) is 4.74 Å². The van der Waals surface area contributed by atoms with E-state index >= 15 is 0 Å². The zero-order chi connectivity index (χ0) is 11.4. The second-order valence-corrected chi connectivity index (χ2v) is 5.95. The van der Waals surface area contributed by atoms with Crippen LogP contribution in [-0.2, 0) is 4.74 Å². The highest BCUT2D eigenvalue weighted by atomic mass is 16.5. The molecule has 0 bridgehead atoms. The van der Waals surface area contributed by atoms with Crippen LogP contribution in [-0.4, -0.2) is 23.9 Å². The lowest BCUT2D eigenvalue weighted by Crippen LogP contribution is -2.38. The molecule has 1 heterocycles. The van der Waals surface area contributed by atoms with Gasteiger partial charge < -0.3 is 9.84 Å². The molecule has 0 aromatic carbocycles. The second-order valence-electron chi connectivity index (χ2n) is 5.95. The summed E-state index contributed by atoms with van der Waals surface area (Å²) in [5.74, 6) is 1.23. The van der Waals surface area contributed by atoms with Crippen molar-refractivity contribution in [2.75, 3.05) is 13.2 Å². The summed E-state index contributed by atoms with van der Waals surface area (Å²) in [6.07, 6.45) is 9.73. The Bertz CT molecular complexity index is 201. The van der Waals surface area contributed by atoms with Gasteiger partial charge in [-0.2, -0.15) is 0 Å². The van der Waals surface area contributed by atoms with Gasteiger partial charge in [-0.25, -0.2) is 0 Å². The Morgan fingerprint density at radius 1 is 1.06 bits per heavy atom. The van der Waals surface area contributed by atoms with Crippen molar-refractivity contribution in [1.29, 1.82) is 0 Å². The number of hydrogen-bond donors (Lipinski definition) is 1. The van der Waals surface area contributed by atoms with Crippen LogP contribution >= 0.6 is 0 Å². The first kappa shape index (κ1) is 12.4. The van der Waals surface area contributed by atoms with Crippen molar-refractivity contribution in [3.63, 3.8) is 0 Å². The molecule has 0 radical (unpaired) electrons. The third-order valence-corrected chi connectivity index (χ3v) is 4.53. The molecule has 2 nitrogen and oxygen atoms in total. The van der Waals surface area contributed by atoms with Gasteiger partial charge in [0.05, 0.1) is 5.60 Å². The van der Waals surface area contributed by atoms with Crippen molar-refractivity contribution in [3.05, 3.63) is 0 Å². The molecule has 0 aromatic heterocycles. The van der Waals surface area contributed by atoms with Gasteiger partial charge in [0.1, 0.15) is 0 Å². The highest BCUT2D eigenvalue weighted by Gasteiger charge is 2.35. The van der Waals surface area contributed by atoms with Gasteiger partial charge in [0.2, 0.25) is 0 Å². The van der Waals surface area contributed by atoms with E-state index in [1.165, 1.54) is 32.1 Å². The van der Waals surface area contributed by atoms with Gasteiger partial charge in [-0.15, -0.1) is 0 Å². The van der Waals surface area contributed by atoms with E-state index < -0.39 is 5.60 Å². The van der Waals surface area contributed by atoms with Crippen LogP contribution in [0.4, 0.5) is 0 Å². The van der Waals surface area contributed by atoms with E-state index in [-0.39, 0.29) is 0 Å². The van der Waals surface area contributed by atoms with Crippen molar-refractivity contribution >= 4 is 0 Å². The van der Waals surface area contributed by atoms with Crippen LogP contribution in [0.5, 0.6) is 0 Å². The summed E-state index contributed by atoms with van der Waals surface area (Å²) in [5, 5.41) is 10.7. The summed E-state index contributed by atoms with van der Waals surface area (Å²) < 4.78 is 5.38. The summed E-state index contributed by atoms with van der Waals surface area (Å²) >= 11 is 0. The molecule has 0 aromatic rings. The maximum Gasteiger partial charge on any atom is 0.0650 e. The van der Waals surface area contributed by atoms with Crippen LogP contribution in [0.3, 0.4) is 0 Å². The molecule has 1 N–H and O–H groups in total. The van der Waals surface area contributed by atoms with Crippen molar-refractivity contribution < 1.29 is 9.84 Å². The molecule has 1 unspecified atom stereocenters. The highest BCUT2D eigenvalue weighted by Crippen LogP contribution is 2.37. The van der Waals surface area contributed by atoms with Gasteiger partial charge in [0.15, 0.2) is 0 Å². The first-order valence-corrected chi connectivity index (χ1v) is 6.98. The van der Waals surface area contributed by atoms with Gasteiger partial charge in [-0.1, -0.05) is 19.3 Å². The van der Waals surface area contributed by atoms with E-state index in [0.29, 0.717) is 11.8 Å². The lowest BCUT2D eigenvalue weighted by molar-refractivity contribution is -0.0503. The molecule has 1 aliphatic heterocycles. The third kappa shape index (κ3) is 3.21. The molecule has 2 heteroatoms. The molecule has 1 saturated heterocycles. The zero-order valence-electron chi connectivity index (χ0n) is 10.6. The molecule has 94 valence electrons. The minimum Gasteiger partial charge on any atom is -0.390 e. The van der Waals surface area contributed by atoms with Crippen LogP contribution in [0, 0.1) is 11.8 Å². The molecule has 1 atom stereocenters. The van der Waals surface area contributed by atoms with Crippen molar-refractivity contribution in [2.24, 2.45) is 11.8 Å². The molecular weight excluding hydrogens is 200 g/mol. The van der Waals surface area contributed by atoms with E-state index in [1.807, 2.05) is 0 Å². The Labute approximate surface area is 99.4 Å². The number of rotatable bonds is 3. The van der Waals surface area contributed by atoms with Gasteiger partial charge in [0, 0.05) is 13.2 Å². The van der Waals surface area contributed by atoms with Crippen LogP contribution in [0.1, 0.15) is 58.3 Å². The summed E-state index contributed by atoms with van der Waals surface area (Å²) in [6.45, 7) is 3.86. The smallest absolute Gasteiger partial charge is 0.0650 e. The van der Waals surface area contributed by atoms with Crippen molar-refractivity contribution in [1.82, 2.24) is 0 Å². The topological polar surface area (TPSA) is 29.5 Å². The fraction of sp³-hybridized carbons (Fsp3) is 1.00. The standard InChI is InChI=1S/C14H26O2/c1-14(15,13-5-3-2-4-6-13)11-12-7-9-16-10-8-12/h12-13,15H,2-11H2,1H3. The van der Waals surface area contributed by atoms with Crippen molar-refractivity contribution in [2.45, 2.75) is 63.9 Å². The molecule has 2 aliphatic rings. The number of hydrogen-bond acceptors (Lipinski definition) is 2. The fourth-order valence-electron chi connectivity index (χ4n) is 3.43. The molecule has 2 rings (SSSR count). The normalized spacial score (nSPS) is 28.9. The van der Waals surface area contributed by atoms with Gasteiger partial charge in [-0.05, 0) is 50.9 Å². The number of ether oxygens (including phenoxy) is 1. The molecule has 0 spiro atoms. The summed E-state index contributed by atoms with van der Waals surface area (Å²) in [7, 11) is 0. The Hall–Kier alpha value is -0.0800. The first-order valence-electron chi connectivity index (χ1n) is 6.98. The predicted octanol–water partition coefficient (Wildman–Crippen LogP) is 3.13. The minimum absolute atomic E-state index is 0.428. The van der Waals surface area contributed by atoms with E-state index in [9.17, 15) is 5.11 Å². The number of aliphatic hydroxyl groups is 1. The van der Waals surface area contributed by atoms with Crippen LogP contribution < -0.4 is 0 Å². The Morgan fingerprint density at radius 2 is 1.69 bits per heavy atom. The monoisotopic (exact) mass is 226 g/mol. The van der Waals surface area contributed by atoms with Crippen LogP contribution in [0.2, 0.25) is 0 Å². The fourth-order valence-corrected chi connectivity index (χ4v) is 3.43. The Balaban J connectivity index is 1.84. The van der Waals surface area contributed by atoms with Crippen LogP contribution in [0.25, 0.3) is 0 Å². The minimum atomic E-state index is -0.428. The lowest BCUT2D eigenvalue weighted by atomic mass is 9.73. The average molecular weight is 226 g/mol. The van der Waals surface area contributed by atoms with Crippen molar-refractivity contribution in [3.8, 4) is 0 Å². The molecule has 16 heavy (non-hydrogen) atoms. The first-order chi connectivity index (χ1) is 7.68. The van der Waals surface area contributed by atoms with Gasteiger partial charge in [-0.3, -0.25) is 0 Å². The van der Waals surface area contributed by atoms with Gasteiger partial charge in [0.25, 0.3) is 0 Å². The molecule has 1 saturated carbocycles. The molecule has 0 amide bonds. The maximum atomic E-state index is 10.7.